The van der Waals surface area contributed by atoms with Crippen LogP contribution in [0, 0.1) is 6.92 Å². The normalized spacial score (nSPS) is 11.8. The third-order valence-corrected chi connectivity index (χ3v) is 5.48. The first-order valence-corrected chi connectivity index (χ1v) is 9.69. The second-order valence-electron chi connectivity index (χ2n) is 5.80. The van der Waals surface area contributed by atoms with Gasteiger partial charge in [0, 0.05) is 14.9 Å². The summed E-state index contributed by atoms with van der Waals surface area (Å²) in [7, 11) is 0. The Balaban J connectivity index is 2.18. The van der Waals surface area contributed by atoms with Crippen LogP contribution in [0.3, 0.4) is 0 Å². The molecule has 0 aromatic heterocycles. The lowest BCUT2D eigenvalue weighted by Gasteiger charge is -2.14. The Morgan fingerprint density at radius 3 is 2.00 bits per heavy atom. The van der Waals surface area contributed by atoms with Crippen LogP contribution in [0.25, 0.3) is 5.57 Å². The van der Waals surface area contributed by atoms with Gasteiger partial charge in [0.05, 0.1) is 0 Å². The standard InChI is InChI=1S/C22H17BrO2S/c1-15-7-13-19(14-8-15)26-21(22(24)25)20(16-5-3-2-4-6-16)17-9-11-18(23)12-10-17/h2-14H,1H3,(H,24,25)/b21-20+. The Kier molecular flexibility index (Phi) is 5.96. The molecule has 3 aromatic carbocycles. The molecule has 0 bridgehead atoms. The van der Waals surface area contributed by atoms with Gasteiger partial charge in [-0.15, -0.1) is 0 Å². The van der Waals surface area contributed by atoms with Crippen LogP contribution < -0.4 is 0 Å². The fourth-order valence-electron chi connectivity index (χ4n) is 2.58. The lowest BCUT2D eigenvalue weighted by atomic mass is 9.97. The number of carbonyl (C=O) groups is 1. The summed E-state index contributed by atoms with van der Waals surface area (Å²) in [6, 6.07) is 25.3. The fourth-order valence-corrected chi connectivity index (χ4v) is 3.77. The summed E-state index contributed by atoms with van der Waals surface area (Å²) in [6.07, 6.45) is 0. The van der Waals surface area contributed by atoms with Crippen LogP contribution in [0.5, 0.6) is 0 Å². The third-order valence-electron chi connectivity index (χ3n) is 3.86. The van der Waals surface area contributed by atoms with Crippen molar-refractivity contribution in [3.63, 3.8) is 0 Å². The van der Waals surface area contributed by atoms with Gasteiger partial charge in [0.25, 0.3) is 0 Å². The molecule has 0 unspecified atom stereocenters. The monoisotopic (exact) mass is 424 g/mol. The highest BCUT2D eigenvalue weighted by Crippen LogP contribution is 2.37. The van der Waals surface area contributed by atoms with Crippen LogP contribution in [0.15, 0.2) is 93.1 Å². The highest BCUT2D eigenvalue weighted by molar-refractivity contribution is 9.10. The van der Waals surface area contributed by atoms with Gasteiger partial charge in [-0.25, -0.2) is 4.79 Å². The maximum absolute atomic E-state index is 12.1. The van der Waals surface area contributed by atoms with E-state index in [9.17, 15) is 9.90 Å². The summed E-state index contributed by atoms with van der Waals surface area (Å²) in [5, 5.41) is 9.95. The molecule has 0 fully saturated rings. The molecular weight excluding hydrogens is 408 g/mol. The van der Waals surface area contributed by atoms with Crippen LogP contribution >= 0.6 is 27.7 Å². The van der Waals surface area contributed by atoms with E-state index in [1.54, 1.807) is 0 Å². The summed E-state index contributed by atoms with van der Waals surface area (Å²) in [5.41, 5.74) is 3.62. The first-order valence-electron chi connectivity index (χ1n) is 8.08. The molecule has 130 valence electrons. The average molecular weight is 425 g/mol. The van der Waals surface area contributed by atoms with Crippen molar-refractivity contribution >= 4 is 39.2 Å². The van der Waals surface area contributed by atoms with E-state index in [0.29, 0.717) is 4.91 Å². The summed E-state index contributed by atoms with van der Waals surface area (Å²) in [6.45, 7) is 2.01. The number of rotatable bonds is 5. The van der Waals surface area contributed by atoms with E-state index in [4.69, 9.17) is 0 Å². The number of halogens is 1. The molecule has 0 aliphatic carbocycles. The molecule has 2 nitrogen and oxygen atoms in total. The minimum atomic E-state index is -0.933. The van der Waals surface area contributed by atoms with E-state index in [-0.39, 0.29) is 0 Å². The Bertz CT molecular complexity index is 930. The first-order chi connectivity index (χ1) is 12.5. The topological polar surface area (TPSA) is 37.3 Å². The predicted molar refractivity (Wildman–Crippen MR) is 111 cm³/mol. The average Bonchev–Trinajstić information content (AvgIpc) is 2.65. The first kappa shape index (κ1) is 18.5. The molecular formula is C22H17BrO2S. The molecule has 0 aliphatic heterocycles. The van der Waals surface area contributed by atoms with E-state index in [1.807, 2.05) is 85.8 Å². The molecule has 0 spiro atoms. The van der Waals surface area contributed by atoms with Crippen LogP contribution in [0.2, 0.25) is 0 Å². The second-order valence-corrected chi connectivity index (χ2v) is 7.80. The Hall–Kier alpha value is -2.30. The van der Waals surface area contributed by atoms with Crippen LogP contribution in [-0.2, 0) is 4.79 Å². The maximum Gasteiger partial charge on any atom is 0.343 e. The predicted octanol–water partition coefficient (Wildman–Crippen LogP) is 6.39. The lowest BCUT2D eigenvalue weighted by Crippen LogP contribution is -2.03. The fraction of sp³-hybridized carbons (Fsp3) is 0.0455. The smallest absolute Gasteiger partial charge is 0.343 e. The van der Waals surface area contributed by atoms with Crippen molar-refractivity contribution in [3.05, 3.63) is 105 Å². The van der Waals surface area contributed by atoms with Crippen molar-refractivity contribution in [2.75, 3.05) is 0 Å². The third kappa shape index (κ3) is 4.45. The highest BCUT2D eigenvalue weighted by atomic mass is 79.9. The quantitative estimate of drug-likeness (QED) is 0.380. The zero-order chi connectivity index (χ0) is 18.5. The molecule has 0 atom stereocenters. The number of hydrogen-bond donors (Lipinski definition) is 1. The minimum Gasteiger partial charge on any atom is -0.477 e. The number of aryl methyl sites for hydroxylation is 1. The number of aliphatic carboxylic acids is 1. The molecule has 26 heavy (non-hydrogen) atoms. The Labute approximate surface area is 165 Å². The lowest BCUT2D eigenvalue weighted by molar-refractivity contribution is -0.131. The van der Waals surface area contributed by atoms with E-state index in [1.165, 1.54) is 11.8 Å². The number of benzene rings is 3. The van der Waals surface area contributed by atoms with Gasteiger partial charge in [0.2, 0.25) is 0 Å². The SMILES string of the molecule is Cc1ccc(S/C(C(=O)O)=C(\c2ccccc2)c2ccc(Br)cc2)cc1. The molecule has 0 saturated carbocycles. The van der Waals surface area contributed by atoms with Crippen molar-refractivity contribution in [3.8, 4) is 0 Å². The van der Waals surface area contributed by atoms with Crippen molar-refractivity contribution in [2.24, 2.45) is 0 Å². The van der Waals surface area contributed by atoms with Gasteiger partial charge in [-0.3, -0.25) is 0 Å². The van der Waals surface area contributed by atoms with E-state index in [2.05, 4.69) is 15.9 Å². The number of carboxylic acid groups (broad SMARTS) is 1. The van der Waals surface area contributed by atoms with Crippen LogP contribution in [0.1, 0.15) is 16.7 Å². The van der Waals surface area contributed by atoms with Crippen LogP contribution in [0.4, 0.5) is 0 Å². The number of thioether (sulfide) groups is 1. The second kappa shape index (κ2) is 8.39. The molecule has 3 aromatic rings. The highest BCUT2D eigenvalue weighted by Gasteiger charge is 2.19. The molecule has 4 heteroatoms. The van der Waals surface area contributed by atoms with Crippen molar-refractivity contribution in [2.45, 2.75) is 11.8 Å². The van der Waals surface area contributed by atoms with E-state index in [0.717, 1.165) is 31.6 Å². The van der Waals surface area contributed by atoms with Gasteiger partial charge >= 0.3 is 5.97 Å². The molecule has 0 saturated heterocycles. The zero-order valence-electron chi connectivity index (χ0n) is 14.1. The molecule has 0 amide bonds. The Morgan fingerprint density at radius 2 is 1.42 bits per heavy atom. The summed E-state index contributed by atoms with van der Waals surface area (Å²) in [5.74, 6) is -0.933. The summed E-state index contributed by atoms with van der Waals surface area (Å²) < 4.78 is 0.955. The van der Waals surface area contributed by atoms with Gasteiger partial charge in [-0.05, 0) is 42.3 Å². The van der Waals surface area contributed by atoms with Crippen LogP contribution in [-0.4, -0.2) is 11.1 Å². The van der Waals surface area contributed by atoms with Crippen molar-refractivity contribution < 1.29 is 9.90 Å². The van der Waals surface area contributed by atoms with Gasteiger partial charge in [-0.2, -0.15) is 0 Å². The largest absolute Gasteiger partial charge is 0.477 e. The van der Waals surface area contributed by atoms with Crippen molar-refractivity contribution in [1.82, 2.24) is 0 Å². The molecule has 1 N–H and O–H groups in total. The van der Waals surface area contributed by atoms with Gasteiger partial charge < -0.3 is 5.11 Å². The van der Waals surface area contributed by atoms with E-state index < -0.39 is 5.97 Å². The van der Waals surface area contributed by atoms with E-state index >= 15 is 0 Å². The number of carboxylic acids is 1. The number of hydrogen-bond acceptors (Lipinski definition) is 2. The summed E-state index contributed by atoms with van der Waals surface area (Å²) in [4.78, 5) is 13.3. The van der Waals surface area contributed by atoms with Gasteiger partial charge in [-0.1, -0.05) is 87.9 Å². The molecule has 3 rings (SSSR count). The minimum absolute atomic E-state index is 0.308. The zero-order valence-corrected chi connectivity index (χ0v) is 16.5. The van der Waals surface area contributed by atoms with Gasteiger partial charge in [0.15, 0.2) is 0 Å². The van der Waals surface area contributed by atoms with Crippen molar-refractivity contribution in [1.29, 1.82) is 0 Å². The molecule has 0 radical (unpaired) electrons. The molecule has 0 heterocycles. The maximum atomic E-state index is 12.1. The Morgan fingerprint density at radius 1 is 0.846 bits per heavy atom. The molecule has 0 aliphatic rings. The van der Waals surface area contributed by atoms with Gasteiger partial charge in [0.1, 0.15) is 4.91 Å². The summed E-state index contributed by atoms with van der Waals surface area (Å²) >= 11 is 4.72.